The van der Waals surface area contributed by atoms with E-state index in [0.29, 0.717) is 35.7 Å². The van der Waals surface area contributed by atoms with Gasteiger partial charge in [0.2, 0.25) is 0 Å². The molecule has 1 fully saturated rings. The molecule has 3 heterocycles. The summed E-state index contributed by atoms with van der Waals surface area (Å²) in [4.78, 5) is 26.4. The fourth-order valence-electron chi connectivity index (χ4n) is 4.54. The maximum atomic E-state index is 13.4. The molecule has 2 aromatic rings. The molecule has 4 rings (SSSR count). The molecule has 1 saturated heterocycles. The normalized spacial score (nSPS) is 20.0. The number of nitrogens with zero attached hydrogens (tertiary/aromatic N) is 4. The lowest BCUT2D eigenvalue weighted by atomic mass is 10.1. The number of hydroxylamine groups is 2. The first-order valence-corrected chi connectivity index (χ1v) is 13.0. The van der Waals surface area contributed by atoms with E-state index in [1.165, 1.54) is 18.2 Å². The number of carboxylic acid groups (broad SMARTS) is 1. The number of methoxy groups -OCH3 is 1. The number of carbonyl (C=O) groups is 1. The van der Waals surface area contributed by atoms with Crippen molar-refractivity contribution in [2.24, 2.45) is 4.99 Å². The standard InChI is InChI=1S/C23H25F3N4O7S/c1-13-8-17(35-3)9-14(2)20(13)38(33,34)12-19-28-21(36-22(31)32)37-30(19)16-6-7-29(11-16)18-5-4-15(10-27-18)23(24,25)26/h4-5,8-10,16,21H,6-7,11-12H2,1-3H3,(H,31,32). The van der Waals surface area contributed by atoms with Crippen LogP contribution in [0.1, 0.15) is 23.1 Å². The summed E-state index contributed by atoms with van der Waals surface area (Å²) in [5.41, 5.74) is 0.0515. The number of halogens is 3. The number of aromatic nitrogens is 1. The van der Waals surface area contributed by atoms with E-state index in [1.54, 1.807) is 30.9 Å². The fraction of sp³-hybridized carbons (Fsp3) is 0.435. The van der Waals surface area contributed by atoms with Gasteiger partial charge in [-0.2, -0.15) is 18.2 Å². The monoisotopic (exact) mass is 558 g/mol. The van der Waals surface area contributed by atoms with Crippen LogP contribution in [0, 0.1) is 13.8 Å². The van der Waals surface area contributed by atoms with Gasteiger partial charge in [0.1, 0.15) is 23.2 Å². The van der Waals surface area contributed by atoms with E-state index in [4.69, 9.17) is 14.7 Å². The van der Waals surface area contributed by atoms with E-state index in [0.717, 1.165) is 12.3 Å². The highest BCUT2D eigenvalue weighted by molar-refractivity contribution is 7.92. The van der Waals surface area contributed by atoms with Gasteiger partial charge in [-0.05, 0) is 55.7 Å². The molecule has 0 radical (unpaired) electrons. The molecule has 2 unspecified atom stereocenters. The van der Waals surface area contributed by atoms with Crippen molar-refractivity contribution in [1.29, 1.82) is 0 Å². The van der Waals surface area contributed by atoms with Gasteiger partial charge in [-0.25, -0.2) is 28.1 Å². The highest BCUT2D eigenvalue weighted by atomic mass is 32.2. The van der Waals surface area contributed by atoms with Crippen molar-refractivity contribution in [2.45, 2.75) is 43.8 Å². The van der Waals surface area contributed by atoms with Gasteiger partial charge >= 0.3 is 18.7 Å². The number of ether oxygens (including phenoxy) is 2. The number of hydrogen-bond donors (Lipinski definition) is 1. The predicted molar refractivity (Wildman–Crippen MR) is 128 cm³/mol. The lowest BCUT2D eigenvalue weighted by Crippen LogP contribution is -2.42. The van der Waals surface area contributed by atoms with Crippen LogP contribution in [0.15, 0.2) is 40.4 Å². The first kappa shape index (κ1) is 27.4. The first-order chi connectivity index (χ1) is 17.8. The molecular formula is C23H25F3N4O7S. The molecule has 0 amide bonds. The Hall–Kier alpha value is -3.59. The number of aliphatic imine (C=N–C) groups is 1. The molecule has 206 valence electrons. The van der Waals surface area contributed by atoms with Crippen LogP contribution in [-0.2, 0) is 25.6 Å². The Bertz CT molecular complexity index is 1330. The van der Waals surface area contributed by atoms with Crippen molar-refractivity contribution >= 4 is 27.6 Å². The van der Waals surface area contributed by atoms with Gasteiger partial charge in [0, 0.05) is 19.3 Å². The Morgan fingerprint density at radius 2 is 1.92 bits per heavy atom. The van der Waals surface area contributed by atoms with Crippen molar-refractivity contribution in [1.82, 2.24) is 10.0 Å². The molecule has 2 aliphatic rings. The minimum atomic E-state index is -4.51. The number of benzene rings is 1. The van der Waals surface area contributed by atoms with Gasteiger partial charge in [0.05, 0.1) is 23.6 Å². The van der Waals surface area contributed by atoms with E-state index < -0.39 is 45.9 Å². The van der Waals surface area contributed by atoms with Crippen molar-refractivity contribution in [3.8, 4) is 5.75 Å². The van der Waals surface area contributed by atoms with Crippen LogP contribution < -0.4 is 9.64 Å². The van der Waals surface area contributed by atoms with Crippen LogP contribution in [-0.4, -0.2) is 74.0 Å². The molecule has 0 saturated carbocycles. The smallest absolute Gasteiger partial charge is 0.497 e. The Morgan fingerprint density at radius 1 is 1.24 bits per heavy atom. The second-order valence-corrected chi connectivity index (χ2v) is 10.7. The molecule has 0 aliphatic carbocycles. The molecule has 1 aromatic heterocycles. The van der Waals surface area contributed by atoms with Crippen molar-refractivity contribution in [3.63, 3.8) is 0 Å². The molecule has 15 heteroatoms. The van der Waals surface area contributed by atoms with E-state index in [1.807, 2.05) is 0 Å². The second kappa shape index (κ2) is 10.3. The second-order valence-electron chi connectivity index (χ2n) is 8.81. The highest BCUT2D eigenvalue weighted by Crippen LogP contribution is 2.32. The summed E-state index contributed by atoms with van der Waals surface area (Å²) in [6.45, 7) is 3.85. The van der Waals surface area contributed by atoms with Crippen molar-refractivity contribution < 1.29 is 45.8 Å². The molecule has 1 N–H and O–H groups in total. The van der Waals surface area contributed by atoms with Gasteiger partial charge in [0.25, 0.3) is 0 Å². The summed E-state index contributed by atoms with van der Waals surface area (Å²) in [7, 11) is -2.50. The lowest BCUT2D eigenvalue weighted by molar-refractivity contribution is -0.220. The van der Waals surface area contributed by atoms with E-state index >= 15 is 0 Å². The van der Waals surface area contributed by atoms with Gasteiger partial charge in [-0.3, -0.25) is 0 Å². The topological polar surface area (TPSA) is 131 Å². The van der Waals surface area contributed by atoms with Crippen LogP contribution in [0.25, 0.3) is 0 Å². The van der Waals surface area contributed by atoms with Crippen LogP contribution in [0.5, 0.6) is 5.75 Å². The van der Waals surface area contributed by atoms with Gasteiger partial charge < -0.3 is 19.5 Å². The molecule has 1 aromatic carbocycles. The largest absolute Gasteiger partial charge is 0.509 e. The predicted octanol–water partition coefficient (Wildman–Crippen LogP) is 3.40. The number of rotatable bonds is 7. The van der Waals surface area contributed by atoms with Crippen molar-refractivity contribution in [2.75, 3.05) is 30.9 Å². The zero-order valence-corrected chi connectivity index (χ0v) is 21.4. The third kappa shape index (κ3) is 5.78. The zero-order chi connectivity index (χ0) is 27.8. The quantitative estimate of drug-likeness (QED) is 0.505. The lowest BCUT2D eigenvalue weighted by Gasteiger charge is -2.26. The average Bonchev–Trinajstić information content (AvgIpc) is 3.44. The fourth-order valence-corrected chi connectivity index (χ4v) is 6.32. The summed E-state index contributed by atoms with van der Waals surface area (Å²) in [6.07, 6.45) is -6.63. The maximum absolute atomic E-state index is 13.4. The van der Waals surface area contributed by atoms with Gasteiger partial charge in [0.15, 0.2) is 9.84 Å². The number of hydrogen-bond acceptors (Lipinski definition) is 10. The van der Waals surface area contributed by atoms with Crippen LogP contribution in [0.4, 0.5) is 23.8 Å². The molecule has 2 aliphatic heterocycles. The Balaban J connectivity index is 1.56. The summed E-state index contributed by atoms with van der Waals surface area (Å²) >= 11 is 0. The third-order valence-electron chi connectivity index (χ3n) is 6.11. The molecule has 11 nitrogen and oxygen atoms in total. The number of alkyl halides is 3. The van der Waals surface area contributed by atoms with Crippen LogP contribution in [0.3, 0.4) is 0 Å². The number of aryl methyl sites for hydroxylation is 2. The zero-order valence-electron chi connectivity index (χ0n) is 20.6. The summed E-state index contributed by atoms with van der Waals surface area (Å²) in [5, 5.41) is 10.2. The number of sulfone groups is 1. The Kier molecular flexibility index (Phi) is 7.43. The summed E-state index contributed by atoms with van der Waals surface area (Å²) < 4.78 is 75.3. The Labute approximate surface area is 216 Å². The number of amidine groups is 1. The number of pyridine rings is 1. The summed E-state index contributed by atoms with van der Waals surface area (Å²) in [6, 6.07) is 4.85. The number of anilines is 1. The van der Waals surface area contributed by atoms with E-state index in [9.17, 15) is 26.4 Å². The molecule has 0 bridgehead atoms. The minimum Gasteiger partial charge on any atom is -0.497 e. The first-order valence-electron chi connectivity index (χ1n) is 11.4. The average molecular weight is 559 g/mol. The van der Waals surface area contributed by atoms with Crippen molar-refractivity contribution in [3.05, 3.63) is 47.2 Å². The molecule has 38 heavy (non-hydrogen) atoms. The molecule has 0 spiro atoms. The third-order valence-corrected chi connectivity index (χ3v) is 8.01. The van der Waals surface area contributed by atoms with E-state index in [-0.39, 0.29) is 17.3 Å². The van der Waals surface area contributed by atoms with Crippen LogP contribution in [0.2, 0.25) is 0 Å². The van der Waals surface area contributed by atoms with Gasteiger partial charge in [-0.1, -0.05) is 0 Å². The minimum absolute atomic E-state index is 0.0573. The molecule has 2 atom stereocenters. The van der Waals surface area contributed by atoms with E-state index in [2.05, 4.69) is 14.7 Å². The SMILES string of the molecule is COc1cc(C)c(S(=O)(=O)CC2=NC(OC(=O)O)ON2C2CCN(c3ccc(C(F)(F)F)cn3)C2)c(C)c1. The highest BCUT2D eigenvalue weighted by Gasteiger charge is 2.40. The molecular weight excluding hydrogens is 533 g/mol. The Morgan fingerprint density at radius 3 is 2.47 bits per heavy atom. The van der Waals surface area contributed by atoms with Crippen LogP contribution >= 0.6 is 0 Å². The maximum Gasteiger partial charge on any atom is 0.509 e. The summed E-state index contributed by atoms with van der Waals surface area (Å²) in [5.74, 6) is 0.141. The van der Waals surface area contributed by atoms with Gasteiger partial charge in [-0.15, -0.1) is 0 Å².